The van der Waals surface area contributed by atoms with E-state index in [2.05, 4.69) is 28.0 Å². The monoisotopic (exact) mass is 181 g/mol. The van der Waals surface area contributed by atoms with Gasteiger partial charge in [0, 0.05) is 19.3 Å². The Morgan fingerprint density at radius 1 is 1.46 bits per heavy atom. The minimum atomic E-state index is 0.862. The van der Waals surface area contributed by atoms with Crippen molar-refractivity contribution in [3.05, 3.63) is 18.2 Å². The van der Waals surface area contributed by atoms with E-state index in [-0.39, 0.29) is 0 Å². The summed E-state index contributed by atoms with van der Waals surface area (Å²) in [6, 6.07) is 0. The lowest BCUT2D eigenvalue weighted by molar-refractivity contribution is 0.601. The molecule has 0 spiro atoms. The smallest absolute Gasteiger partial charge is 0.0949 e. The zero-order chi connectivity index (χ0) is 9.52. The Morgan fingerprint density at radius 2 is 2.31 bits per heavy atom. The van der Waals surface area contributed by atoms with Gasteiger partial charge in [-0.2, -0.15) is 0 Å². The quantitative estimate of drug-likeness (QED) is 0.678. The zero-order valence-electron chi connectivity index (χ0n) is 8.58. The third-order valence-corrected chi connectivity index (χ3v) is 2.06. The fraction of sp³-hybridized carbons (Fsp3) is 0.700. The van der Waals surface area contributed by atoms with E-state index in [1.807, 2.05) is 13.4 Å². The van der Waals surface area contributed by atoms with Crippen LogP contribution in [0.15, 0.2) is 12.5 Å². The molecule has 0 amide bonds. The SMILES string of the molecule is CCCCCn1cnc(CNC)c1. The molecule has 0 saturated heterocycles. The molecule has 1 heterocycles. The van der Waals surface area contributed by atoms with E-state index >= 15 is 0 Å². The predicted octanol–water partition coefficient (Wildman–Crippen LogP) is 1.79. The third-order valence-electron chi connectivity index (χ3n) is 2.06. The highest BCUT2D eigenvalue weighted by atomic mass is 15.0. The van der Waals surface area contributed by atoms with E-state index < -0.39 is 0 Å². The molecule has 3 nitrogen and oxygen atoms in total. The van der Waals surface area contributed by atoms with E-state index in [9.17, 15) is 0 Å². The summed E-state index contributed by atoms with van der Waals surface area (Å²) in [5.74, 6) is 0. The van der Waals surface area contributed by atoms with Gasteiger partial charge in [-0.15, -0.1) is 0 Å². The molecule has 1 aromatic heterocycles. The maximum Gasteiger partial charge on any atom is 0.0949 e. The number of nitrogens with one attached hydrogen (secondary N) is 1. The Kier molecular flexibility index (Phi) is 4.54. The molecule has 1 rings (SSSR count). The molecule has 3 heteroatoms. The topological polar surface area (TPSA) is 29.9 Å². The highest BCUT2D eigenvalue weighted by Crippen LogP contribution is 2.00. The van der Waals surface area contributed by atoms with Crippen molar-refractivity contribution in [3.63, 3.8) is 0 Å². The first-order chi connectivity index (χ1) is 6.36. The van der Waals surface area contributed by atoms with Crippen LogP contribution in [0.1, 0.15) is 31.9 Å². The molecule has 0 fully saturated rings. The average Bonchev–Trinajstić information content (AvgIpc) is 2.54. The van der Waals surface area contributed by atoms with Crippen molar-refractivity contribution in [2.24, 2.45) is 0 Å². The number of aryl methyl sites for hydroxylation is 1. The number of imidazole rings is 1. The Morgan fingerprint density at radius 3 is 3.00 bits per heavy atom. The van der Waals surface area contributed by atoms with Crippen LogP contribution < -0.4 is 5.32 Å². The summed E-state index contributed by atoms with van der Waals surface area (Å²) in [7, 11) is 1.94. The minimum absolute atomic E-state index is 0.862. The van der Waals surface area contributed by atoms with Crippen LogP contribution in [0.5, 0.6) is 0 Å². The van der Waals surface area contributed by atoms with Gasteiger partial charge in [0.2, 0.25) is 0 Å². The molecule has 0 bridgehead atoms. The van der Waals surface area contributed by atoms with Crippen LogP contribution in [0.25, 0.3) is 0 Å². The molecule has 13 heavy (non-hydrogen) atoms. The van der Waals surface area contributed by atoms with Crippen LogP contribution in [-0.4, -0.2) is 16.6 Å². The second kappa shape index (κ2) is 5.75. The van der Waals surface area contributed by atoms with Crippen molar-refractivity contribution in [1.82, 2.24) is 14.9 Å². The maximum atomic E-state index is 4.29. The summed E-state index contributed by atoms with van der Waals surface area (Å²) in [6.45, 7) is 4.19. The molecule has 0 aliphatic rings. The first kappa shape index (κ1) is 10.3. The van der Waals surface area contributed by atoms with Crippen molar-refractivity contribution in [1.29, 1.82) is 0 Å². The lowest BCUT2D eigenvalue weighted by atomic mass is 10.2. The molecule has 0 atom stereocenters. The van der Waals surface area contributed by atoms with Crippen molar-refractivity contribution in [2.45, 2.75) is 39.3 Å². The molecule has 0 aliphatic heterocycles. The van der Waals surface area contributed by atoms with Crippen LogP contribution in [0, 0.1) is 0 Å². The highest BCUT2D eigenvalue weighted by molar-refractivity contribution is 4.95. The number of nitrogens with zero attached hydrogens (tertiary/aromatic N) is 2. The van der Waals surface area contributed by atoms with Gasteiger partial charge in [0.25, 0.3) is 0 Å². The number of unbranched alkanes of at least 4 members (excludes halogenated alkanes) is 2. The van der Waals surface area contributed by atoms with Crippen molar-refractivity contribution in [2.75, 3.05) is 7.05 Å². The lowest BCUT2D eigenvalue weighted by Gasteiger charge is -1.99. The predicted molar refractivity (Wildman–Crippen MR) is 54.5 cm³/mol. The van der Waals surface area contributed by atoms with E-state index in [1.165, 1.54) is 19.3 Å². The van der Waals surface area contributed by atoms with E-state index in [4.69, 9.17) is 0 Å². The first-order valence-corrected chi connectivity index (χ1v) is 5.02. The van der Waals surface area contributed by atoms with Gasteiger partial charge in [-0.25, -0.2) is 4.98 Å². The summed E-state index contributed by atoms with van der Waals surface area (Å²) in [4.78, 5) is 4.29. The molecule has 0 aliphatic carbocycles. The first-order valence-electron chi connectivity index (χ1n) is 5.02. The molecule has 1 N–H and O–H groups in total. The molecule has 0 saturated carbocycles. The minimum Gasteiger partial charge on any atom is -0.337 e. The lowest BCUT2D eigenvalue weighted by Crippen LogP contribution is -2.05. The number of rotatable bonds is 6. The van der Waals surface area contributed by atoms with E-state index in [0.717, 1.165) is 18.8 Å². The van der Waals surface area contributed by atoms with Crippen molar-refractivity contribution < 1.29 is 0 Å². The van der Waals surface area contributed by atoms with Gasteiger partial charge in [-0.05, 0) is 13.5 Å². The highest BCUT2D eigenvalue weighted by Gasteiger charge is 1.96. The Bertz CT molecular complexity index is 230. The standard InChI is InChI=1S/C10H19N3/c1-3-4-5-6-13-8-10(7-11-2)12-9-13/h8-9,11H,3-7H2,1-2H3. The Hall–Kier alpha value is -0.830. The Labute approximate surface area is 80.2 Å². The fourth-order valence-electron chi connectivity index (χ4n) is 1.35. The van der Waals surface area contributed by atoms with Crippen LogP contribution in [0.2, 0.25) is 0 Å². The maximum absolute atomic E-state index is 4.29. The molecule has 74 valence electrons. The number of hydrogen-bond donors (Lipinski definition) is 1. The van der Waals surface area contributed by atoms with E-state index in [0.29, 0.717) is 0 Å². The van der Waals surface area contributed by atoms with Crippen LogP contribution in [0.3, 0.4) is 0 Å². The molecule has 0 radical (unpaired) electrons. The van der Waals surface area contributed by atoms with Gasteiger partial charge in [-0.3, -0.25) is 0 Å². The van der Waals surface area contributed by atoms with Gasteiger partial charge in [0.1, 0.15) is 0 Å². The summed E-state index contributed by atoms with van der Waals surface area (Å²) in [6.07, 6.45) is 7.87. The molecule has 1 aromatic rings. The normalized spacial score (nSPS) is 10.6. The molecule has 0 unspecified atom stereocenters. The van der Waals surface area contributed by atoms with E-state index in [1.54, 1.807) is 0 Å². The number of aromatic nitrogens is 2. The summed E-state index contributed by atoms with van der Waals surface area (Å²) < 4.78 is 2.17. The van der Waals surface area contributed by atoms with Crippen molar-refractivity contribution in [3.8, 4) is 0 Å². The van der Waals surface area contributed by atoms with Gasteiger partial charge in [-0.1, -0.05) is 19.8 Å². The fourth-order valence-corrected chi connectivity index (χ4v) is 1.35. The molecular weight excluding hydrogens is 162 g/mol. The van der Waals surface area contributed by atoms with Gasteiger partial charge in [0.15, 0.2) is 0 Å². The second-order valence-electron chi connectivity index (χ2n) is 3.34. The van der Waals surface area contributed by atoms with Crippen LogP contribution in [0.4, 0.5) is 0 Å². The van der Waals surface area contributed by atoms with Crippen molar-refractivity contribution >= 4 is 0 Å². The third kappa shape index (κ3) is 3.59. The molecular formula is C10H19N3. The summed E-state index contributed by atoms with van der Waals surface area (Å²) in [5, 5.41) is 3.09. The summed E-state index contributed by atoms with van der Waals surface area (Å²) in [5.41, 5.74) is 1.12. The zero-order valence-corrected chi connectivity index (χ0v) is 8.58. The van der Waals surface area contributed by atoms with Gasteiger partial charge < -0.3 is 9.88 Å². The largest absolute Gasteiger partial charge is 0.337 e. The van der Waals surface area contributed by atoms with Gasteiger partial charge in [0.05, 0.1) is 12.0 Å². The van der Waals surface area contributed by atoms with Gasteiger partial charge >= 0.3 is 0 Å². The summed E-state index contributed by atoms with van der Waals surface area (Å²) >= 11 is 0. The second-order valence-corrected chi connectivity index (χ2v) is 3.34. The van der Waals surface area contributed by atoms with Crippen LogP contribution >= 0.6 is 0 Å². The number of hydrogen-bond acceptors (Lipinski definition) is 2. The van der Waals surface area contributed by atoms with Crippen LogP contribution in [-0.2, 0) is 13.1 Å². The molecule has 0 aromatic carbocycles. The Balaban J connectivity index is 2.31. The average molecular weight is 181 g/mol.